The summed E-state index contributed by atoms with van der Waals surface area (Å²) in [6.45, 7) is 0.712. The number of alkyl halides is 1. The summed E-state index contributed by atoms with van der Waals surface area (Å²) in [5, 5.41) is 3.97. The summed E-state index contributed by atoms with van der Waals surface area (Å²) < 4.78 is 13.5. The molecule has 1 aliphatic rings. The standard InChI is InChI=1S/C16H21BrFNO/c17-10-13-6-1-2-7-14(13)11-19-16(20)9-12-5-3-4-8-15(12)18/h3-5,8,13-14H,1-2,6-7,9-11H2,(H,19,20). The van der Waals surface area contributed by atoms with Crippen LogP contribution in [-0.2, 0) is 11.2 Å². The first-order chi connectivity index (χ1) is 9.70. The highest BCUT2D eigenvalue weighted by Crippen LogP contribution is 2.30. The van der Waals surface area contributed by atoms with E-state index < -0.39 is 0 Å². The SMILES string of the molecule is O=C(Cc1ccccc1F)NCC1CCCCC1CBr. The molecular weight excluding hydrogens is 321 g/mol. The lowest BCUT2D eigenvalue weighted by Crippen LogP contribution is -2.35. The van der Waals surface area contributed by atoms with Crippen LogP contribution in [0.5, 0.6) is 0 Å². The first kappa shape index (κ1) is 15.5. The fraction of sp³-hybridized carbons (Fsp3) is 0.562. The van der Waals surface area contributed by atoms with E-state index in [1.54, 1.807) is 18.2 Å². The number of carbonyl (C=O) groups is 1. The van der Waals surface area contributed by atoms with Gasteiger partial charge in [-0.15, -0.1) is 0 Å². The highest BCUT2D eigenvalue weighted by molar-refractivity contribution is 9.09. The van der Waals surface area contributed by atoms with E-state index in [0.717, 1.165) is 5.33 Å². The molecule has 4 heteroatoms. The Labute approximate surface area is 128 Å². The highest BCUT2D eigenvalue weighted by atomic mass is 79.9. The second kappa shape index (κ2) is 7.77. The average Bonchev–Trinajstić information content (AvgIpc) is 2.48. The van der Waals surface area contributed by atoms with Crippen molar-refractivity contribution in [3.05, 3.63) is 35.6 Å². The third kappa shape index (κ3) is 4.30. The Morgan fingerprint density at radius 2 is 1.95 bits per heavy atom. The predicted octanol–water partition coefficient (Wildman–Crippen LogP) is 3.69. The van der Waals surface area contributed by atoms with E-state index in [2.05, 4.69) is 21.2 Å². The van der Waals surface area contributed by atoms with Crippen molar-refractivity contribution in [3.63, 3.8) is 0 Å². The van der Waals surface area contributed by atoms with Gasteiger partial charge in [0, 0.05) is 11.9 Å². The molecule has 20 heavy (non-hydrogen) atoms. The van der Waals surface area contributed by atoms with Crippen molar-refractivity contribution in [1.82, 2.24) is 5.32 Å². The zero-order chi connectivity index (χ0) is 14.4. The Kier molecular flexibility index (Phi) is 6.02. The van der Waals surface area contributed by atoms with Crippen molar-refractivity contribution < 1.29 is 9.18 Å². The first-order valence-corrected chi connectivity index (χ1v) is 8.39. The molecule has 2 rings (SSSR count). The second-order valence-corrected chi connectivity index (χ2v) is 6.18. The van der Waals surface area contributed by atoms with Crippen molar-refractivity contribution in [2.45, 2.75) is 32.1 Å². The van der Waals surface area contributed by atoms with Gasteiger partial charge in [0.2, 0.25) is 5.91 Å². The van der Waals surface area contributed by atoms with Gasteiger partial charge >= 0.3 is 0 Å². The van der Waals surface area contributed by atoms with E-state index in [0.29, 0.717) is 23.9 Å². The monoisotopic (exact) mass is 341 g/mol. The molecule has 110 valence electrons. The van der Waals surface area contributed by atoms with Crippen LogP contribution in [0.15, 0.2) is 24.3 Å². The van der Waals surface area contributed by atoms with Crippen molar-refractivity contribution in [1.29, 1.82) is 0 Å². The van der Waals surface area contributed by atoms with E-state index in [4.69, 9.17) is 0 Å². The molecule has 1 fully saturated rings. The van der Waals surface area contributed by atoms with Crippen LogP contribution in [0.4, 0.5) is 4.39 Å². The summed E-state index contributed by atoms with van der Waals surface area (Å²) in [6, 6.07) is 6.45. The zero-order valence-corrected chi connectivity index (χ0v) is 13.2. The molecule has 0 heterocycles. The van der Waals surface area contributed by atoms with Gasteiger partial charge < -0.3 is 5.32 Å². The maximum absolute atomic E-state index is 13.5. The molecule has 0 radical (unpaired) electrons. The summed E-state index contributed by atoms with van der Waals surface area (Å²) in [4.78, 5) is 11.9. The van der Waals surface area contributed by atoms with Gasteiger partial charge in [-0.05, 0) is 36.3 Å². The van der Waals surface area contributed by atoms with Gasteiger partial charge in [-0.1, -0.05) is 47.0 Å². The number of rotatable bonds is 5. The summed E-state index contributed by atoms with van der Waals surface area (Å²) in [5.41, 5.74) is 0.464. The fourth-order valence-corrected chi connectivity index (χ4v) is 3.73. The number of amides is 1. The normalized spacial score (nSPS) is 22.5. The lowest BCUT2D eigenvalue weighted by atomic mass is 9.80. The molecule has 1 aromatic carbocycles. The molecule has 0 aromatic heterocycles. The van der Waals surface area contributed by atoms with Crippen LogP contribution in [0.2, 0.25) is 0 Å². The van der Waals surface area contributed by atoms with Crippen LogP contribution in [0.1, 0.15) is 31.2 Å². The van der Waals surface area contributed by atoms with E-state index in [-0.39, 0.29) is 18.1 Å². The summed E-state index contributed by atoms with van der Waals surface area (Å²) in [5.74, 6) is 0.804. The highest BCUT2D eigenvalue weighted by Gasteiger charge is 2.24. The van der Waals surface area contributed by atoms with Crippen LogP contribution >= 0.6 is 15.9 Å². The summed E-state index contributed by atoms with van der Waals surface area (Å²) in [6.07, 6.45) is 5.07. The Hall–Kier alpha value is -0.900. The lowest BCUT2D eigenvalue weighted by Gasteiger charge is -2.30. The quantitative estimate of drug-likeness (QED) is 0.813. The minimum absolute atomic E-state index is 0.0889. The maximum atomic E-state index is 13.5. The van der Waals surface area contributed by atoms with E-state index in [9.17, 15) is 9.18 Å². The number of hydrogen-bond donors (Lipinski definition) is 1. The minimum Gasteiger partial charge on any atom is -0.356 e. The predicted molar refractivity (Wildman–Crippen MR) is 82.4 cm³/mol. The molecule has 0 spiro atoms. The molecule has 1 N–H and O–H groups in total. The molecule has 1 saturated carbocycles. The zero-order valence-electron chi connectivity index (χ0n) is 11.6. The fourth-order valence-electron chi connectivity index (χ4n) is 2.88. The second-order valence-electron chi connectivity index (χ2n) is 5.53. The largest absolute Gasteiger partial charge is 0.356 e. The van der Waals surface area contributed by atoms with Gasteiger partial charge in [-0.25, -0.2) is 4.39 Å². The van der Waals surface area contributed by atoms with E-state index >= 15 is 0 Å². The molecule has 0 aliphatic heterocycles. The van der Waals surface area contributed by atoms with Gasteiger partial charge in [0.1, 0.15) is 5.82 Å². The average molecular weight is 342 g/mol. The third-order valence-electron chi connectivity index (χ3n) is 4.13. The molecule has 1 aromatic rings. The topological polar surface area (TPSA) is 29.1 Å². The van der Waals surface area contributed by atoms with E-state index in [1.165, 1.54) is 31.7 Å². The summed E-state index contributed by atoms with van der Waals surface area (Å²) in [7, 11) is 0. The van der Waals surface area contributed by atoms with Crippen LogP contribution < -0.4 is 5.32 Å². The molecule has 2 unspecified atom stereocenters. The molecule has 0 bridgehead atoms. The smallest absolute Gasteiger partial charge is 0.224 e. The maximum Gasteiger partial charge on any atom is 0.224 e. The van der Waals surface area contributed by atoms with Crippen LogP contribution in [0, 0.1) is 17.7 Å². The minimum atomic E-state index is -0.307. The summed E-state index contributed by atoms with van der Waals surface area (Å²) >= 11 is 3.56. The molecular formula is C16H21BrFNO. The number of carbonyl (C=O) groups excluding carboxylic acids is 1. The van der Waals surface area contributed by atoms with Crippen LogP contribution in [0.25, 0.3) is 0 Å². The van der Waals surface area contributed by atoms with Crippen molar-refractivity contribution in [3.8, 4) is 0 Å². The lowest BCUT2D eigenvalue weighted by molar-refractivity contribution is -0.120. The van der Waals surface area contributed by atoms with Crippen molar-refractivity contribution >= 4 is 21.8 Å². The molecule has 2 nitrogen and oxygen atoms in total. The molecule has 1 amide bonds. The van der Waals surface area contributed by atoms with Crippen molar-refractivity contribution in [2.24, 2.45) is 11.8 Å². The Morgan fingerprint density at radius 1 is 1.25 bits per heavy atom. The third-order valence-corrected chi connectivity index (χ3v) is 4.97. The number of halogens is 2. The molecule has 0 saturated heterocycles. The van der Waals surface area contributed by atoms with Gasteiger partial charge in [0.05, 0.1) is 6.42 Å². The van der Waals surface area contributed by atoms with Gasteiger partial charge in [0.25, 0.3) is 0 Å². The Morgan fingerprint density at radius 3 is 2.65 bits per heavy atom. The first-order valence-electron chi connectivity index (χ1n) is 7.26. The van der Waals surface area contributed by atoms with Crippen LogP contribution in [-0.4, -0.2) is 17.8 Å². The molecule has 2 atom stereocenters. The number of benzene rings is 1. The Bertz CT molecular complexity index is 452. The number of hydrogen-bond acceptors (Lipinski definition) is 1. The number of nitrogens with one attached hydrogen (secondary N) is 1. The molecule has 1 aliphatic carbocycles. The van der Waals surface area contributed by atoms with Gasteiger partial charge in [-0.2, -0.15) is 0 Å². The van der Waals surface area contributed by atoms with Gasteiger partial charge in [-0.3, -0.25) is 4.79 Å². The van der Waals surface area contributed by atoms with Gasteiger partial charge in [0.15, 0.2) is 0 Å². The van der Waals surface area contributed by atoms with Crippen molar-refractivity contribution in [2.75, 3.05) is 11.9 Å². The Balaban J connectivity index is 1.81. The van der Waals surface area contributed by atoms with Crippen LogP contribution in [0.3, 0.4) is 0 Å². The van der Waals surface area contributed by atoms with E-state index in [1.807, 2.05) is 0 Å².